The summed E-state index contributed by atoms with van der Waals surface area (Å²) in [5.41, 5.74) is 0.313. The van der Waals surface area contributed by atoms with Crippen molar-refractivity contribution in [2.24, 2.45) is 0 Å². The van der Waals surface area contributed by atoms with Crippen LogP contribution in [0.5, 0.6) is 5.75 Å². The van der Waals surface area contributed by atoms with Crippen LogP contribution in [0.4, 0.5) is 0 Å². The molecule has 0 saturated heterocycles. The smallest absolute Gasteiger partial charge is 0.259 e. The Morgan fingerprint density at radius 3 is 2.85 bits per heavy atom. The molecule has 2 N–H and O–H groups in total. The third-order valence-electron chi connectivity index (χ3n) is 5.26. The quantitative estimate of drug-likeness (QED) is 0.755. The Morgan fingerprint density at radius 2 is 2.08 bits per heavy atom. The van der Waals surface area contributed by atoms with Gasteiger partial charge >= 0.3 is 0 Å². The van der Waals surface area contributed by atoms with Crippen LogP contribution in [0.2, 0.25) is 0 Å². The Hall–Kier alpha value is -2.60. The van der Waals surface area contributed by atoms with Gasteiger partial charge in [-0.15, -0.1) is 0 Å². The summed E-state index contributed by atoms with van der Waals surface area (Å²) in [5, 5.41) is 11.8. The fourth-order valence-electron chi connectivity index (χ4n) is 3.84. The molecule has 0 amide bonds. The van der Waals surface area contributed by atoms with E-state index in [9.17, 15) is 9.90 Å². The summed E-state index contributed by atoms with van der Waals surface area (Å²) in [6.07, 6.45) is 8.35. The van der Waals surface area contributed by atoms with Crippen molar-refractivity contribution >= 4 is 10.9 Å². The number of aromatic nitrogens is 3. The monoisotopic (exact) mass is 353 g/mol. The number of nitrogens with one attached hydrogen (secondary N) is 1. The van der Waals surface area contributed by atoms with Gasteiger partial charge in [-0.3, -0.25) is 4.79 Å². The minimum absolute atomic E-state index is 0.200. The van der Waals surface area contributed by atoms with E-state index in [-0.39, 0.29) is 5.56 Å². The molecular weight excluding hydrogens is 330 g/mol. The first-order valence-electron chi connectivity index (χ1n) is 9.03. The number of benzene rings is 1. The molecule has 0 bridgehead atoms. The van der Waals surface area contributed by atoms with Gasteiger partial charge in [0.2, 0.25) is 0 Å². The Labute approximate surface area is 151 Å². The number of nitrogens with zero attached hydrogens (tertiary/aromatic N) is 2. The first-order valence-corrected chi connectivity index (χ1v) is 9.03. The number of ether oxygens (including phenoxy) is 1. The lowest BCUT2D eigenvalue weighted by atomic mass is 9.85. The summed E-state index contributed by atoms with van der Waals surface area (Å²) < 4.78 is 7.11. The number of imidazole rings is 1. The Kier molecular flexibility index (Phi) is 4.28. The highest BCUT2D eigenvalue weighted by molar-refractivity contribution is 5.83. The molecule has 1 aromatic carbocycles. The summed E-state index contributed by atoms with van der Waals surface area (Å²) in [6.45, 7) is 0.461. The van der Waals surface area contributed by atoms with E-state index in [0.717, 1.165) is 36.6 Å². The molecule has 136 valence electrons. The van der Waals surface area contributed by atoms with Crippen LogP contribution in [0.25, 0.3) is 22.3 Å². The van der Waals surface area contributed by atoms with Crippen LogP contribution in [-0.2, 0) is 6.54 Å². The molecule has 0 spiro atoms. The van der Waals surface area contributed by atoms with Gasteiger partial charge in [0, 0.05) is 18.5 Å². The normalized spacial score (nSPS) is 16.7. The highest BCUT2D eigenvalue weighted by atomic mass is 16.5. The summed E-state index contributed by atoms with van der Waals surface area (Å²) >= 11 is 0. The number of hydrogen-bond acceptors (Lipinski definition) is 4. The number of methoxy groups -OCH3 is 1. The molecule has 1 fully saturated rings. The summed E-state index contributed by atoms with van der Waals surface area (Å²) in [4.78, 5) is 19.9. The van der Waals surface area contributed by atoms with E-state index >= 15 is 0 Å². The number of H-pyrrole nitrogens is 1. The Morgan fingerprint density at radius 1 is 1.27 bits per heavy atom. The molecule has 4 rings (SSSR count). The molecule has 2 heterocycles. The molecule has 1 aliphatic carbocycles. The molecule has 6 heteroatoms. The van der Waals surface area contributed by atoms with Gasteiger partial charge in [0.1, 0.15) is 11.6 Å². The Bertz CT molecular complexity index is 983. The SMILES string of the molecule is COc1ccc2cc(-c3nccn3CC3(O)CCCCC3)c(=O)[nH]c2c1. The molecule has 6 nitrogen and oxygen atoms in total. The van der Waals surface area contributed by atoms with Crippen molar-refractivity contribution < 1.29 is 9.84 Å². The lowest BCUT2D eigenvalue weighted by Gasteiger charge is -2.32. The number of pyridine rings is 1. The summed E-state index contributed by atoms with van der Waals surface area (Å²) in [7, 11) is 1.60. The molecule has 0 aliphatic heterocycles. The molecule has 0 atom stereocenters. The van der Waals surface area contributed by atoms with Crippen LogP contribution < -0.4 is 10.3 Å². The maximum absolute atomic E-state index is 12.6. The fraction of sp³-hybridized carbons (Fsp3) is 0.400. The predicted molar refractivity (Wildman–Crippen MR) is 100 cm³/mol. The number of aromatic amines is 1. The maximum atomic E-state index is 12.6. The molecule has 3 aromatic rings. The minimum atomic E-state index is -0.718. The molecule has 2 aromatic heterocycles. The maximum Gasteiger partial charge on any atom is 0.259 e. The van der Waals surface area contributed by atoms with Crippen LogP contribution in [0.3, 0.4) is 0 Å². The Balaban J connectivity index is 1.73. The molecule has 0 radical (unpaired) electrons. The fourth-order valence-corrected chi connectivity index (χ4v) is 3.84. The standard InChI is InChI=1S/C20H23N3O3/c1-26-15-6-5-14-11-16(19(24)22-17(14)12-15)18-21-9-10-23(18)13-20(25)7-3-2-4-8-20/h5-6,9-12,25H,2-4,7-8,13H2,1H3,(H,22,24). The van der Waals surface area contributed by atoms with Crippen LogP contribution in [0.15, 0.2) is 41.5 Å². The van der Waals surface area contributed by atoms with Gasteiger partial charge in [-0.25, -0.2) is 4.98 Å². The summed E-state index contributed by atoms with van der Waals surface area (Å²) in [6, 6.07) is 7.42. The zero-order valence-corrected chi connectivity index (χ0v) is 14.9. The van der Waals surface area contributed by atoms with Crippen LogP contribution in [-0.4, -0.2) is 32.4 Å². The third-order valence-corrected chi connectivity index (χ3v) is 5.26. The second kappa shape index (κ2) is 6.61. The van der Waals surface area contributed by atoms with Gasteiger partial charge in [0.05, 0.1) is 30.3 Å². The van der Waals surface area contributed by atoms with E-state index in [1.54, 1.807) is 19.4 Å². The summed E-state index contributed by atoms with van der Waals surface area (Å²) in [5.74, 6) is 1.28. The average molecular weight is 353 g/mol. The van der Waals surface area contributed by atoms with Crippen molar-refractivity contribution in [2.45, 2.75) is 44.2 Å². The van der Waals surface area contributed by atoms with Crippen molar-refractivity contribution in [3.8, 4) is 17.1 Å². The van der Waals surface area contributed by atoms with Crippen LogP contribution in [0, 0.1) is 0 Å². The van der Waals surface area contributed by atoms with E-state index in [1.165, 1.54) is 6.42 Å². The van der Waals surface area contributed by atoms with Gasteiger partial charge in [-0.05, 0) is 36.4 Å². The van der Waals surface area contributed by atoms with E-state index < -0.39 is 5.60 Å². The molecule has 0 unspecified atom stereocenters. The number of hydrogen-bond donors (Lipinski definition) is 2. The second-order valence-corrected chi connectivity index (χ2v) is 7.13. The van der Waals surface area contributed by atoms with Crippen molar-refractivity contribution in [2.75, 3.05) is 7.11 Å². The van der Waals surface area contributed by atoms with Crippen molar-refractivity contribution in [3.63, 3.8) is 0 Å². The largest absolute Gasteiger partial charge is 0.497 e. The highest BCUT2D eigenvalue weighted by Crippen LogP contribution is 2.31. The van der Waals surface area contributed by atoms with E-state index in [4.69, 9.17) is 4.74 Å². The third kappa shape index (κ3) is 3.12. The van der Waals surface area contributed by atoms with Gasteiger partial charge in [0.25, 0.3) is 5.56 Å². The first-order chi connectivity index (χ1) is 12.6. The molecule has 1 saturated carbocycles. The van der Waals surface area contributed by atoms with Crippen molar-refractivity contribution in [1.29, 1.82) is 0 Å². The minimum Gasteiger partial charge on any atom is -0.497 e. The molecular formula is C20H23N3O3. The first kappa shape index (κ1) is 16.8. The molecule has 26 heavy (non-hydrogen) atoms. The number of fused-ring (bicyclic) bond motifs is 1. The second-order valence-electron chi connectivity index (χ2n) is 7.13. The molecule has 1 aliphatic rings. The lowest BCUT2D eigenvalue weighted by Crippen LogP contribution is -2.36. The topological polar surface area (TPSA) is 80.1 Å². The lowest BCUT2D eigenvalue weighted by molar-refractivity contribution is -0.0111. The van der Waals surface area contributed by atoms with Gasteiger partial charge in [-0.2, -0.15) is 0 Å². The van der Waals surface area contributed by atoms with Gasteiger partial charge in [-0.1, -0.05) is 19.3 Å². The van der Waals surface area contributed by atoms with Crippen LogP contribution >= 0.6 is 0 Å². The van der Waals surface area contributed by atoms with Crippen molar-refractivity contribution in [3.05, 3.63) is 47.0 Å². The zero-order chi connectivity index (χ0) is 18.1. The number of aliphatic hydroxyl groups is 1. The van der Waals surface area contributed by atoms with Crippen LogP contribution in [0.1, 0.15) is 32.1 Å². The number of rotatable bonds is 4. The predicted octanol–water partition coefficient (Wildman–Crippen LogP) is 3.10. The average Bonchev–Trinajstić information content (AvgIpc) is 3.08. The van der Waals surface area contributed by atoms with Crippen molar-refractivity contribution in [1.82, 2.24) is 14.5 Å². The van der Waals surface area contributed by atoms with E-state index in [1.807, 2.05) is 29.0 Å². The highest BCUT2D eigenvalue weighted by Gasteiger charge is 2.30. The van der Waals surface area contributed by atoms with Gasteiger partial charge in [0.15, 0.2) is 0 Å². The van der Waals surface area contributed by atoms with E-state index in [0.29, 0.717) is 23.7 Å². The zero-order valence-electron chi connectivity index (χ0n) is 14.9. The van der Waals surface area contributed by atoms with E-state index in [2.05, 4.69) is 9.97 Å². The van der Waals surface area contributed by atoms with Gasteiger partial charge < -0.3 is 19.4 Å².